The maximum Gasteiger partial charge on any atom is 0.272 e. The Morgan fingerprint density at radius 3 is 2.60 bits per heavy atom. The molecule has 2 aliphatic rings. The van der Waals surface area contributed by atoms with E-state index in [2.05, 4.69) is 14.9 Å². The van der Waals surface area contributed by atoms with Gasteiger partial charge in [-0.05, 0) is 32.7 Å². The number of piperidine rings is 1. The van der Waals surface area contributed by atoms with E-state index in [1.165, 1.54) is 6.33 Å². The number of hydrogen-bond donors (Lipinski definition) is 0. The molecule has 0 aliphatic carbocycles. The van der Waals surface area contributed by atoms with Crippen LogP contribution in [-0.4, -0.2) is 63.7 Å². The van der Waals surface area contributed by atoms with Crippen LogP contribution in [0.5, 0.6) is 0 Å². The minimum absolute atomic E-state index is 0.0688. The molecular formula is C18H25ClN4O2. The number of rotatable bonds is 4. The van der Waals surface area contributed by atoms with Crippen molar-refractivity contribution in [2.75, 3.05) is 26.2 Å². The lowest BCUT2D eigenvalue weighted by molar-refractivity contribution is -0.122. The van der Waals surface area contributed by atoms with Crippen LogP contribution in [0, 0.1) is 12.8 Å². The van der Waals surface area contributed by atoms with Crippen molar-refractivity contribution in [3.8, 4) is 0 Å². The molecule has 25 heavy (non-hydrogen) atoms. The lowest BCUT2D eigenvalue weighted by Gasteiger charge is -2.36. The zero-order valence-corrected chi connectivity index (χ0v) is 15.6. The molecule has 2 saturated heterocycles. The molecule has 7 heteroatoms. The van der Waals surface area contributed by atoms with Crippen molar-refractivity contribution in [1.82, 2.24) is 19.8 Å². The third-order valence-electron chi connectivity index (χ3n) is 5.52. The van der Waals surface area contributed by atoms with Crippen molar-refractivity contribution in [3.63, 3.8) is 0 Å². The van der Waals surface area contributed by atoms with Crippen molar-refractivity contribution in [1.29, 1.82) is 0 Å². The molecule has 0 saturated carbocycles. The van der Waals surface area contributed by atoms with Crippen LogP contribution in [0.1, 0.15) is 48.7 Å². The van der Waals surface area contributed by atoms with Gasteiger partial charge in [-0.2, -0.15) is 0 Å². The number of Topliss-reactive ketones (excluding diaryl/α,β-unsaturated/α-hetero) is 1. The van der Waals surface area contributed by atoms with Gasteiger partial charge in [-0.1, -0.05) is 18.5 Å². The van der Waals surface area contributed by atoms with Crippen LogP contribution in [0.4, 0.5) is 0 Å². The fourth-order valence-electron chi connectivity index (χ4n) is 3.90. The molecule has 6 nitrogen and oxygen atoms in total. The van der Waals surface area contributed by atoms with E-state index >= 15 is 0 Å². The van der Waals surface area contributed by atoms with Crippen LogP contribution in [0.2, 0.25) is 5.15 Å². The second-order valence-electron chi connectivity index (χ2n) is 6.96. The summed E-state index contributed by atoms with van der Waals surface area (Å²) in [5.74, 6) is 0.516. The van der Waals surface area contributed by atoms with E-state index in [1.807, 2.05) is 11.8 Å². The van der Waals surface area contributed by atoms with Crippen LogP contribution >= 0.6 is 11.6 Å². The van der Waals surface area contributed by atoms with Crippen LogP contribution < -0.4 is 0 Å². The number of likely N-dealkylation sites (tertiary alicyclic amines) is 2. The van der Waals surface area contributed by atoms with E-state index in [0.29, 0.717) is 47.7 Å². The van der Waals surface area contributed by atoms with E-state index < -0.39 is 0 Å². The van der Waals surface area contributed by atoms with Gasteiger partial charge >= 0.3 is 0 Å². The summed E-state index contributed by atoms with van der Waals surface area (Å²) in [6, 6.07) is 0.466. The van der Waals surface area contributed by atoms with Gasteiger partial charge in [-0.25, -0.2) is 9.97 Å². The second-order valence-corrected chi connectivity index (χ2v) is 7.32. The largest absolute Gasteiger partial charge is 0.337 e. The molecule has 2 aliphatic heterocycles. The highest BCUT2D eigenvalue weighted by molar-refractivity contribution is 6.30. The van der Waals surface area contributed by atoms with E-state index in [-0.39, 0.29) is 11.8 Å². The Kier molecular flexibility index (Phi) is 5.69. The maximum absolute atomic E-state index is 12.7. The average Bonchev–Trinajstić information content (AvgIpc) is 3.13. The van der Waals surface area contributed by atoms with Gasteiger partial charge in [0, 0.05) is 43.6 Å². The standard InChI is InChI=1S/C18H25ClN4O2/c1-3-15(24)13-4-7-23(10-13)14-5-8-22(9-6-14)18(25)16-12(2)17(19)21-11-20-16/h11,13-14H,3-10H2,1-2H3/t13-/m1/s1. The molecule has 0 bridgehead atoms. The molecule has 0 N–H and O–H groups in total. The molecule has 0 spiro atoms. The number of nitrogens with zero attached hydrogens (tertiary/aromatic N) is 4. The lowest BCUT2D eigenvalue weighted by atomic mass is 10.0. The fraction of sp³-hybridized carbons (Fsp3) is 0.667. The predicted molar refractivity (Wildman–Crippen MR) is 95.7 cm³/mol. The summed E-state index contributed by atoms with van der Waals surface area (Å²) in [5, 5.41) is 0.330. The highest BCUT2D eigenvalue weighted by Gasteiger charge is 2.34. The molecule has 1 amide bonds. The van der Waals surface area contributed by atoms with Gasteiger partial charge < -0.3 is 4.90 Å². The first-order valence-electron chi connectivity index (χ1n) is 9.04. The molecule has 0 unspecified atom stereocenters. The zero-order valence-electron chi connectivity index (χ0n) is 14.9. The average molecular weight is 365 g/mol. The minimum atomic E-state index is -0.0688. The van der Waals surface area contributed by atoms with Crippen molar-refractivity contribution >= 4 is 23.3 Å². The molecule has 0 aromatic carbocycles. The summed E-state index contributed by atoms with van der Waals surface area (Å²) in [6.45, 7) is 7.02. The van der Waals surface area contributed by atoms with Crippen LogP contribution in [0.15, 0.2) is 6.33 Å². The Bertz CT molecular complexity index is 658. The summed E-state index contributed by atoms with van der Waals surface area (Å²) in [6.07, 6.45) is 4.83. The first-order chi connectivity index (χ1) is 12.0. The number of ketones is 1. The van der Waals surface area contributed by atoms with Crippen LogP contribution in [-0.2, 0) is 4.79 Å². The summed E-state index contributed by atoms with van der Waals surface area (Å²) >= 11 is 6.00. The van der Waals surface area contributed by atoms with Crippen LogP contribution in [0.3, 0.4) is 0 Å². The second kappa shape index (κ2) is 7.79. The quantitative estimate of drug-likeness (QED) is 0.767. The van der Waals surface area contributed by atoms with E-state index in [1.54, 1.807) is 6.92 Å². The van der Waals surface area contributed by atoms with Gasteiger partial charge in [-0.3, -0.25) is 14.5 Å². The Hall–Kier alpha value is -1.53. The van der Waals surface area contributed by atoms with Gasteiger partial charge in [0.05, 0.1) is 0 Å². The first kappa shape index (κ1) is 18.3. The van der Waals surface area contributed by atoms with Gasteiger partial charge in [-0.15, -0.1) is 0 Å². The SMILES string of the molecule is CCC(=O)[C@@H]1CCN(C2CCN(C(=O)c3ncnc(Cl)c3C)CC2)C1. The van der Waals surface area contributed by atoms with Gasteiger partial charge in [0.25, 0.3) is 5.91 Å². The van der Waals surface area contributed by atoms with Crippen molar-refractivity contribution in [2.45, 2.75) is 45.6 Å². The molecule has 1 aromatic rings. The summed E-state index contributed by atoms with van der Waals surface area (Å²) in [5.41, 5.74) is 1.03. The highest BCUT2D eigenvalue weighted by atomic mass is 35.5. The molecule has 1 atom stereocenters. The van der Waals surface area contributed by atoms with Crippen LogP contribution in [0.25, 0.3) is 0 Å². The topological polar surface area (TPSA) is 66.4 Å². The summed E-state index contributed by atoms with van der Waals surface area (Å²) in [7, 11) is 0. The van der Waals surface area contributed by atoms with Crippen molar-refractivity contribution < 1.29 is 9.59 Å². The third-order valence-corrected chi connectivity index (χ3v) is 5.90. The summed E-state index contributed by atoms with van der Waals surface area (Å²) < 4.78 is 0. The van der Waals surface area contributed by atoms with Gasteiger partial charge in [0.2, 0.25) is 0 Å². The van der Waals surface area contributed by atoms with Gasteiger partial charge in [0.1, 0.15) is 23.0 Å². The Morgan fingerprint density at radius 2 is 1.92 bits per heavy atom. The third kappa shape index (κ3) is 3.85. The molecular weight excluding hydrogens is 340 g/mol. The molecule has 3 heterocycles. The summed E-state index contributed by atoms with van der Waals surface area (Å²) in [4.78, 5) is 36.9. The zero-order chi connectivity index (χ0) is 18.0. The first-order valence-corrected chi connectivity index (χ1v) is 9.42. The maximum atomic E-state index is 12.7. The Labute approximate surface area is 153 Å². The molecule has 2 fully saturated rings. The number of hydrogen-bond acceptors (Lipinski definition) is 5. The molecule has 136 valence electrons. The predicted octanol–water partition coefficient (Wildman–Crippen LogP) is 2.34. The Morgan fingerprint density at radius 1 is 1.20 bits per heavy atom. The van der Waals surface area contributed by atoms with E-state index in [4.69, 9.17) is 11.6 Å². The molecule has 1 aromatic heterocycles. The minimum Gasteiger partial charge on any atom is -0.337 e. The monoisotopic (exact) mass is 364 g/mol. The number of amides is 1. The molecule has 0 radical (unpaired) electrons. The Balaban J connectivity index is 1.56. The van der Waals surface area contributed by atoms with Gasteiger partial charge in [0.15, 0.2) is 0 Å². The molecule has 3 rings (SSSR count). The normalized spacial score (nSPS) is 22.4. The fourth-order valence-corrected chi connectivity index (χ4v) is 4.03. The number of aromatic nitrogens is 2. The highest BCUT2D eigenvalue weighted by Crippen LogP contribution is 2.26. The van der Waals surface area contributed by atoms with Crippen molar-refractivity contribution in [3.05, 3.63) is 22.7 Å². The number of carbonyl (C=O) groups is 2. The van der Waals surface area contributed by atoms with E-state index in [9.17, 15) is 9.59 Å². The number of carbonyl (C=O) groups excluding carboxylic acids is 2. The lowest BCUT2D eigenvalue weighted by Crippen LogP contribution is -2.46. The number of halogens is 1. The van der Waals surface area contributed by atoms with Crippen molar-refractivity contribution in [2.24, 2.45) is 5.92 Å². The smallest absolute Gasteiger partial charge is 0.272 e. The van der Waals surface area contributed by atoms with E-state index in [0.717, 1.165) is 32.4 Å².